The monoisotopic (exact) mass is 278 g/mol. The highest BCUT2D eigenvalue weighted by Crippen LogP contribution is 2.18. The van der Waals surface area contributed by atoms with Gasteiger partial charge in [0.15, 0.2) is 0 Å². The molecule has 1 heterocycles. The van der Waals surface area contributed by atoms with Crippen LogP contribution in [0.1, 0.15) is 5.56 Å². The number of hydrogen-bond acceptors (Lipinski definition) is 4. The van der Waals surface area contributed by atoms with E-state index in [1.165, 1.54) is 5.56 Å². The van der Waals surface area contributed by atoms with Crippen LogP contribution in [-0.2, 0) is 17.8 Å². The lowest BCUT2D eigenvalue weighted by molar-refractivity contribution is 0.0822. The van der Waals surface area contributed by atoms with Gasteiger partial charge in [-0.1, -0.05) is 6.07 Å². The fourth-order valence-electron chi connectivity index (χ4n) is 2.21. The predicted molar refractivity (Wildman–Crippen MR) is 78.6 cm³/mol. The molecule has 0 amide bonds. The molecule has 0 saturated heterocycles. The Labute approximate surface area is 118 Å². The van der Waals surface area contributed by atoms with Crippen LogP contribution in [0.2, 0.25) is 0 Å². The Morgan fingerprint density at radius 1 is 1.35 bits per heavy atom. The van der Waals surface area contributed by atoms with Crippen molar-refractivity contribution in [1.29, 1.82) is 0 Å². The number of nitrogens with one attached hydrogen (secondary N) is 1. The SMILES string of the molecule is COCCNCc1ccc2c(ccn2CC(O)CO)c1. The first-order valence-electron chi connectivity index (χ1n) is 6.81. The Balaban J connectivity index is 2.04. The van der Waals surface area contributed by atoms with Gasteiger partial charge in [0.1, 0.15) is 0 Å². The number of aliphatic hydroxyl groups is 2. The van der Waals surface area contributed by atoms with E-state index in [1.54, 1.807) is 7.11 Å². The van der Waals surface area contributed by atoms with Gasteiger partial charge in [-0.25, -0.2) is 0 Å². The van der Waals surface area contributed by atoms with Crippen molar-refractivity contribution in [2.24, 2.45) is 0 Å². The molecule has 0 bridgehead atoms. The quantitative estimate of drug-likeness (QED) is 0.623. The summed E-state index contributed by atoms with van der Waals surface area (Å²) in [5, 5.41) is 22.9. The molecule has 0 radical (unpaired) electrons. The average molecular weight is 278 g/mol. The maximum Gasteiger partial charge on any atom is 0.0949 e. The van der Waals surface area contributed by atoms with Gasteiger partial charge in [-0.15, -0.1) is 0 Å². The van der Waals surface area contributed by atoms with E-state index < -0.39 is 6.10 Å². The topological polar surface area (TPSA) is 66.7 Å². The van der Waals surface area contributed by atoms with Gasteiger partial charge in [-0.3, -0.25) is 0 Å². The molecule has 0 fully saturated rings. The Morgan fingerprint density at radius 2 is 2.20 bits per heavy atom. The molecule has 20 heavy (non-hydrogen) atoms. The maximum atomic E-state index is 9.52. The standard InChI is InChI=1S/C15H22N2O3/c1-20-7-5-16-9-12-2-3-15-13(8-12)4-6-17(15)10-14(19)11-18/h2-4,6,8,14,16,18-19H,5,7,9-11H2,1H3. The van der Waals surface area contributed by atoms with Crippen LogP contribution >= 0.6 is 0 Å². The normalized spacial score (nSPS) is 12.9. The van der Waals surface area contributed by atoms with Crippen molar-refractivity contribution >= 4 is 10.9 Å². The fourth-order valence-corrected chi connectivity index (χ4v) is 2.21. The lowest BCUT2D eigenvalue weighted by Crippen LogP contribution is -2.19. The molecule has 5 nitrogen and oxygen atoms in total. The van der Waals surface area contributed by atoms with E-state index in [2.05, 4.69) is 17.4 Å². The fraction of sp³-hybridized carbons (Fsp3) is 0.467. The van der Waals surface area contributed by atoms with Gasteiger partial charge in [0, 0.05) is 31.9 Å². The van der Waals surface area contributed by atoms with Crippen LogP contribution in [0.15, 0.2) is 30.5 Å². The molecule has 1 unspecified atom stereocenters. The third-order valence-corrected chi connectivity index (χ3v) is 3.27. The number of rotatable bonds is 8. The predicted octanol–water partition coefficient (Wildman–Crippen LogP) is 0.730. The number of methoxy groups -OCH3 is 1. The van der Waals surface area contributed by atoms with Crippen molar-refractivity contribution in [3.8, 4) is 0 Å². The summed E-state index contributed by atoms with van der Waals surface area (Å²) in [5.41, 5.74) is 2.28. The second-order valence-corrected chi connectivity index (χ2v) is 4.87. The third-order valence-electron chi connectivity index (χ3n) is 3.27. The minimum Gasteiger partial charge on any atom is -0.394 e. The van der Waals surface area contributed by atoms with Gasteiger partial charge in [0.25, 0.3) is 0 Å². The molecule has 2 rings (SSSR count). The van der Waals surface area contributed by atoms with Crippen LogP contribution in [0.4, 0.5) is 0 Å². The molecule has 110 valence electrons. The van der Waals surface area contributed by atoms with E-state index in [0.717, 1.165) is 24.0 Å². The summed E-state index contributed by atoms with van der Waals surface area (Å²) in [6.45, 7) is 2.53. The minimum absolute atomic E-state index is 0.221. The number of aliphatic hydroxyl groups excluding tert-OH is 2. The molecular weight excluding hydrogens is 256 g/mol. The van der Waals surface area contributed by atoms with Gasteiger partial charge in [-0.2, -0.15) is 0 Å². The van der Waals surface area contributed by atoms with Gasteiger partial charge in [0.05, 0.1) is 25.9 Å². The van der Waals surface area contributed by atoms with E-state index >= 15 is 0 Å². The summed E-state index contributed by atoms with van der Waals surface area (Å²) < 4.78 is 6.95. The van der Waals surface area contributed by atoms with Gasteiger partial charge >= 0.3 is 0 Å². The molecule has 1 aromatic carbocycles. The smallest absolute Gasteiger partial charge is 0.0949 e. The van der Waals surface area contributed by atoms with Crippen molar-refractivity contribution < 1.29 is 14.9 Å². The third kappa shape index (κ3) is 3.80. The molecule has 1 aromatic heterocycles. The Bertz CT molecular complexity index is 539. The number of hydrogen-bond donors (Lipinski definition) is 3. The van der Waals surface area contributed by atoms with E-state index in [-0.39, 0.29) is 6.61 Å². The Hall–Kier alpha value is -1.40. The summed E-state index contributed by atoms with van der Waals surface area (Å²) >= 11 is 0. The molecule has 3 N–H and O–H groups in total. The first kappa shape index (κ1) is 15.0. The first-order valence-corrected chi connectivity index (χ1v) is 6.81. The summed E-state index contributed by atoms with van der Waals surface area (Å²) in [4.78, 5) is 0. The van der Waals surface area contributed by atoms with Crippen LogP contribution in [0.25, 0.3) is 10.9 Å². The number of fused-ring (bicyclic) bond motifs is 1. The second kappa shape index (κ2) is 7.40. The number of benzene rings is 1. The molecule has 0 aliphatic heterocycles. The average Bonchev–Trinajstić information content (AvgIpc) is 2.86. The van der Waals surface area contributed by atoms with E-state index in [4.69, 9.17) is 9.84 Å². The number of nitrogens with zero attached hydrogens (tertiary/aromatic N) is 1. The van der Waals surface area contributed by atoms with Crippen molar-refractivity contribution in [2.75, 3.05) is 26.9 Å². The minimum atomic E-state index is -0.721. The summed E-state index contributed by atoms with van der Waals surface area (Å²) in [5.74, 6) is 0. The zero-order chi connectivity index (χ0) is 14.4. The van der Waals surface area contributed by atoms with Crippen LogP contribution in [0, 0.1) is 0 Å². The molecule has 2 aromatic rings. The molecule has 0 aliphatic rings. The van der Waals surface area contributed by atoms with E-state index in [1.807, 2.05) is 22.9 Å². The van der Waals surface area contributed by atoms with Crippen molar-refractivity contribution in [2.45, 2.75) is 19.2 Å². The molecule has 0 aliphatic carbocycles. The van der Waals surface area contributed by atoms with Crippen LogP contribution < -0.4 is 5.32 Å². The van der Waals surface area contributed by atoms with Crippen molar-refractivity contribution in [1.82, 2.24) is 9.88 Å². The maximum absolute atomic E-state index is 9.52. The van der Waals surface area contributed by atoms with Gasteiger partial charge in [-0.05, 0) is 29.1 Å². The molecule has 0 saturated carbocycles. The first-order chi connectivity index (χ1) is 9.74. The van der Waals surface area contributed by atoms with E-state index in [9.17, 15) is 5.11 Å². The zero-order valence-corrected chi connectivity index (χ0v) is 11.7. The van der Waals surface area contributed by atoms with Crippen LogP contribution in [-0.4, -0.2) is 47.8 Å². The Kier molecular flexibility index (Phi) is 5.55. The largest absolute Gasteiger partial charge is 0.394 e. The molecular formula is C15H22N2O3. The number of aromatic nitrogens is 1. The highest BCUT2D eigenvalue weighted by Gasteiger charge is 2.07. The molecule has 1 atom stereocenters. The lowest BCUT2D eigenvalue weighted by Gasteiger charge is -2.10. The van der Waals surface area contributed by atoms with Crippen molar-refractivity contribution in [3.05, 3.63) is 36.0 Å². The number of ether oxygens (including phenoxy) is 1. The highest BCUT2D eigenvalue weighted by molar-refractivity contribution is 5.80. The van der Waals surface area contributed by atoms with Crippen LogP contribution in [0.3, 0.4) is 0 Å². The van der Waals surface area contributed by atoms with E-state index in [0.29, 0.717) is 13.2 Å². The highest BCUT2D eigenvalue weighted by atomic mass is 16.5. The molecule has 5 heteroatoms. The summed E-state index contributed by atoms with van der Waals surface area (Å²) in [6, 6.07) is 8.28. The lowest BCUT2D eigenvalue weighted by atomic mass is 10.1. The summed E-state index contributed by atoms with van der Waals surface area (Å²) in [7, 11) is 1.69. The summed E-state index contributed by atoms with van der Waals surface area (Å²) in [6.07, 6.45) is 1.21. The molecule has 0 spiro atoms. The Morgan fingerprint density at radius 3 is 2.95 bits per heavy atom. The van der Waals surface area contributed by atoms with Gasteiger partial charge < -0.3 is 24.8 Å². The van der Waals surface area contributed by atoms with Crippen molar-refractivity contribution in [3.63, 3.8) is 0 Å². The zero-order valence-electron chi connectivity index (χ0n) is 11.7. The van der Waals surface area contributed by atoms with Gasteiger partial charge in [0.2, 0.25) is 0 Å². The second-order valence-electron chi connectivity index (χ2n) is 4.87. The van der Waals surface area contributed by atoms with Crippen LogP contribution in [0.5, 0.6) is 0 Å².